The Balaban J connectivity index is 1.42. The van der Waals surface area contributed by atoms with Crippen LogP contribution in [0.2, 0.25) is 0 Å². The molecule has 0 bridgehead atoms. The van der Waals surface area contributed by atoms with E-state index in [1.54, 1.807) is 12.3 Å². The number of amides is 1. The summed E-state index contributed by atoms with van der Waals surface area (Å²) in [4.78, 5) is 18.9. The highest BCUT2D eigenvalue weighted by Crippen LogP contribution is 2.19. The maximum Gasteiger partial charge on any atom is 0.253 e. The fourth-order valence-corrected chi connectivity index (χ4v) is 3.32. The molecule has 0 aliphatic carbocycles. The third-order valence-electron chi connectivity index (χ3n) is 4.96. The first-order valence-electron chi connectivity index (χ1n) is 9.15. The van der Waals surface area contributed by atoms with Crippen LogP contribution < -0.4 is 5.32 Å². The van der Waals surface area contributed by atoms with Crippen LogP contribution in [0.25, 0.3) is 0 Å². The molecule has 3 rings (SSSR count). The van der Waals surface area contributed by atoms with Crippen molar-refractivity contribution in [2.24, 2.45) is 5.92 Å². The van der Waals surface area contributed by atoms with Crippen molar-refractivity contribution < 1.29 is 9.21 Å². The standard InChI is InChI=1S/C20H27N3O2/c1-3-17-6-7-18(25-17)14-23-11-8-16(9-12-23)13-22-20(24)19-5-4-10-21-15(19)2/h4-7,10,16H,3,8-9,11-14H2,1-2H3,(H,22,24). The molecule has 0 unspecified atom stereocenters. The van der Waals surface area contributed by atoms with E-state index in [2.05, 4.69) is 34.3 Å². The van der Waals surface area contributed by atoms with Gasteiger partial charge in [-0.05, 0) is 63.0 Å². The highest BCUT2D eigenvalue weighted by atomic mass is 16.3. The average Bonchev–Trinajstić information content (AvgIpc) is 3.09. The van der Waals surface area contributed by atoms with Gasteiger partial charge in [-0.2, -0.15) is 0 Å². The van der Waals surface area contributed by atoms with Crippen LogP contribution in [0.15, 0.2) is 34.9 Å². The predicted octanol–water partition coefficient (Wildman–Crippen LogP) is 3.19. The second kappa shape index (κ2) is 8.30. The van der Waals surface area contributed by atoms with Gasteiger partial charge < -0.3 is 9.73 Å². The molecule has 0 radical (unpaired) electrons. The highest BCUT2D eigenvalue weighted by molar-refractivity contribution is 5.95. The van der Waals surface area contributed by atoms with E-state index >= 15 is 0 Å². The number of carbonyl (C=O) groups excluding carboxylic acids is 1. The topological polar surface area (TPSA) is 58.4 Å². The molecule has 1 aliphatic heterocycles. The Kier molecular flexibility index (Phi) is 5.87. The van der Waals surface area contributed by atoms with Crippen molar-refractivity contribution in [2.45, 2.75) is 39.7 Å². The number of likely N-dealkylation sites (tertiary alicyclic amines) is 1. The zero-order chi connectivity index (χ0) is 17.6. The number of aryl methyl sites for hydroxylation is 2. The number of aromatic nitrogens is 1. The molecule has 0 aromatic carbocycles. The van der Waals surface area contributed by atoms with Gasteiger partial charge in [0, 0.05) is 24.9 Å². The lowest BCUT2D eigenvalue weighted by Gasteiger charge is -2.31. The second-order valence-corrected chi connectivity index (χ2v) is 6.79. The van der Waals surface area contributed by atoms with Crippen LogP contribution in [0.3, 0.4) is 0 Å². The Morgan fingerprint density at radius 2 is 2.04 bits per heavy atom. The molecule has 1 amide bonds. The largest absolute Gasteiger partial charge is 0.465 e. The summed E-state index contributed by atoms with van der Waals surface area (Å²) in [5, 5.41) is 3.07. The molecule has 1 saturated heterocycles. The van der Waals surface area contributed by atoms with Gasteiger partial charge >= 0.3 is 0 Å². The van der Waals surface area contributed by atoms with Gasteiger partial charge in [0.15, 0.2) is 0 Å². The summed E-state index contributed by atoms with van der Waals surface area (Å²) < 4.78 is 5.80. The maximum absolute atomic E-state index is 12.3. The average molecular weight is 341 g/mol. The molecule has 5 nitrogen and oxygen atoms in total. The molecule has 5 heteroatoms. The van der Waals surface area contributed by atoms with Gasteiger partial charge in [-0.1, -0.05) is 6.92 Å². The minimum Gasteiger partial charge on any atom is -0.465 e. The normalized spacial score (nSPS) is 16.1. The molecule has 2 aromatic rings. The highest BCUT2D eigenvalue weighted by Gasteiger charge is 2.21. The van der Waals surface area contributed by atoms with Crippen LogP contribution in [0, 0.1) is 12.8 Å². The summed E-state index contributed by atoms with van der Waals surface area (Å²) in [6, 6.07) is 7.78. The Morgan fingerprint density at radius 3 is 2.72 bits per heavy atom. The van der Waals surface area contributed by atoms with Crippen molar-refractivity contribution >= 4 is 5.91 Å². The third kappa shape index (κ3) is 4.69. The predicted molar refractivity (Wildman–Crippen MR) is 97.4 cm³/mol. The molecular formula is C20H27N3O2. The molecule has 1 aliphatic rings. The Bertz CT molecular complexity index is 702. The van der Waals surface area contributed by atoms with Gasteiger partial charge in [0.05, 0.1) is 12.1 Å². The van der Waals surface area contributed by atoms with Crippen LogP contribution in [0.1, 0.15) is 47.3 Å². The minimum absolute atomic E-state index is 0.0179. The summed E-state index contributed by atoms with van der Waals surface area (Å²) in [6.45, 7) is 7.69. The SMILES string of the molecule is CCc1ccc(CN2CCC(CNC(=O)c3cccnc3C)CC2)o1. The number of nitrogens with one attached hydrogen (secondary N) is 1. The van der Waals surface area contributed by atoms with Crippen molar-refractivity contribution in [3.63, 3.8) is 0 Å². The van der Waals surface area contributed by atoms with Crippen LogP contribution in [-0.4, -0.2) is 35.4 Å². The maximum atomic E-state index is 12.3. The minimum atomic E-state index is -0.0179. The van der Waals surface area contributed by atoms with E-state index in [1.165, 1.54) is 0 Å². The molecule has 3 heterocycles. The second-order valence-electron chi connectivity index (χ2n) is 6.79. The summed E-state index contributed by atoms with van der Waals surface area (Å²) in [5.41, 5.74) is 1.45. The van der Waals surface area contributed by atoms with Crippen LogP contribution in [0.4, 0.5) is 0 Å². The number of piperidine rings is 1. The van der Waals surface area contributed by atoms with E-state index in [4.69, 9.17) is 4.42 Å². The first-order valence-corrected chi connectivity index (χ1v) is 9.15. The summed E-state index contributed by atoms with van der Waals surface area (Å²) in [7, 11) is 0. The first kappa shape index (κ1) is 17.7. The lowest BCUT2D eigenvalue weighted by Crippen LogP contribution is -2.38. The fourth-order valence-electron chi connectivity index (χ4n) is 3.32. The molecule has 1 fully saturated rings. The molecular weight excluding hydrogens is 314 g/mol. The lowest BCUT2D eigenvalue weighted by molar-refractivity contribution is 0.0933. The number of furan rings is 1. The smallest absolute Gasteiger partial charge is 0.253 e. The van der Waals surface area contributed by atoms with Crippen molar-refractivity contribution in [2.75, 3.05) is 19.6 Å². The van der Waals surface area contributed by atoms with Gasteiger partial charge in [-0.3, -0.25) is 14.7 Å². The van der Waals surface area contributed by atoms with E-state index in [9.17, 15) is 4.79 Å². The Hall–Kier alpha value is -2.14. The third-order valence-corrected chi connectivity index (χ3v) is 4.96. The van der Waals surface area contributed by atoms with Gasteiger partial charge in [-0.25, -0.2) is 0 Å². The number of hydrogen-bond acceptors (Lipinski definition) is 4. The summed E-state index contributed by atoms with van der Waals surface area (Å²) in [6.07, 6.45) is 4.86. The van der Waals surface area contributed by atoms with Crippen LogP contribution in [-0.2, 0) is 13.0 Å². The number of carbonyl (C=O) groups is 1. The van der Waals surface area contributed by atoms with Gasteiger partial charge in [0.1, 0.15) is 11.5 Å². The number of pyridine rings is 1. The van der Waals surface area contributed by atoms with Gasteiger partial charge in [0.25, 0.3) is 5.91 Å². The van der Waals surface area contributed by atoms with E-state index < -0.39 is 0 Å². The molecule has 25 heavy (non-hydrogen) atoms. The van der Waals surface area contributed by atoms with Crippen molar-refractivity contribution in [3.8, 4) is 0 Å². The zero-order valence-electron chi connectivity index (χ0n) is 15.1. The van der Waals surface area contributed by atoms with Crippen molar-refractivity contribution in [1.82, 2.24) is 15.2 Å². The molecule has 134 valence electrons. The molecule has 2 aromatic heterocycles. The lowest BCUT2D eigenvalue weighted by atomic mass is 9.96. The molecule has 0 saturated carbocycles. The zero-order valence-corrected chi connectivity index (χ0v) is 15.1. The summed E-state index contributed by atoms with van der Waals surface area (Å²) >= 11 is 0. The number of rotatable bonds is 6. The Morgan fingerprint density at radius 1 is 1.28 bits per heavy atom. The molecule has 0 spiro atoms. The van der Waals surface area contributed by atoms with E-state index in [0.717, 1.165) is 62.7 Å². The number of nitrogens with zero attached hydrogens (tertiary/aromatic N) is 2. The van der Waals surface area contributed by atoms with Crippen LogP contribution in [0.5, 0.6) is 0 Å². The van der Waals surface area contributed by atoms with E-state index in [1.807, 2.05) is 13.0 Å². The Labute approximate surface area is 149 Å². The van der Waals surface area contributed by atoms with Gasteiger partial charge in [0.2, 0.25) is 0 Å². The van der Waals surface area contributed by atoms with Crippen molar-refractivity contribution in [1.29, 1.82) is 0 Å². The van der Waals surface area contributed by atoms with E-state index in [-0.39, 0.29) is 5.91 Å². The fraction of sp³-hybridized carbons (Fsp3) is 0.500. The van der Waals surface area contributed by atoms with Crippen molar-refractivity contribution in [3.05, 3.63) is 53.2 Å². The number of hydrogen-bond donors (Lipinski definition) is 1. The monoisotopic (exact) mass is 341 g/mol. The molecule has 1 N–H and O–H groups in total. The first-order chi connectivity index (χ1) is 12.2. The summed E-state index contributed by atoms with van der Waals surface area (Å²) in [5.74, 6) is 2.63. The quantitative estimate of drug-likeness (QED) is 0.877. The van der Waals surface area contributed by atoms with E-state index in [0.29, 0.717) is 11.5 Å². The molecule has 0 atom stereocenters. The van der Waals surface area contributed by atoms with Gasteiger partial charge in [-0.15, -0.1) is 0 Å². The van der Waals surface area contributed by atoms with Crippen LogP contribution >= 0.6 is 0 Å².